The second-order valence-corrected chi connectivity index (χ2v) is 10.7. The summed E-state index contributed by atoms with van der Waals surface area (Å²) in [6, 6.07) is 4.58. The third-order valence-corrected chi connectivity index (χ3v) is 6.43. The molecule has 3 aliphatic rings. The number of carbonyl (C=O) groups excluding carboxylic acids is 3. The van der Waals surface area contributed by atoms with Gasteiger partial charge in [0.05, 0.1) is 30.4 Å². The first-order valence-electron chi connectivity index (χ1n) is 10.8. The number of cyclic esters (lactones) is 1. The van der Waals surface area contributed by atoms with Gasteiger partial charge in [0, 0.05) is 13.1 Å². The van der Waals surface area contributed by atoms with Crippen LogP contribution >= 0.6 is 23.2 Å². The maximum absolute atomic E-state index is 14.9. The number of nitrogens with one attached hydrogen (secondary N) is 1. The molecule has 3 unspecified atom stereocenters. The van der Waals surface area contributed by atoms with Crippen LogP contribution in [0.3, 0.4) is 0 Å². The van der Waals surface area contributed by atoms with Crippen molar-refractivity contribution < 1.29 is 28.2 Å². The molecule has 1 saturated carbocycles. The highest BCUT2D eigenvalue weighted by Crippen LogP contribution is 2.53. The van der Waals surface area contributed by atoms with Gasteiger partial charge in [0.15, 0.2) is 4.84 Å². The predicted octanol–water partition coefficient (Wildman–Crippen LogP) is 3.09. The molecule has 2 saturated heterocycles. The van der Waals surface area contributed by atoms with Gasteiger partial charge in [-0.15, -0.1) is 0 Å². The van der Waals surface area contributed by atoms with Crippen LogP contribution in [0.15, 0.2) is 18.2 Å². The standard InChI is InChI=1S/C22H26Cl2FN3O5/c1-22(2,3)33-20(30)17-13-9-27(10-14(13)17)16-5-4-11(6-15(16)25)28-8-12(32-21(28)31)7-26-19(29)18(23)24/h4-6,12-14,17-18H,7-10H2,1-3H3,(H,26,29). The molecule has 180 valence electrons. The largest absolute Gasteiger partial charge is 0.460 e. The molecular formula is C22H26Cl2FN3O5. The minimum Gasteiger partial charge on any atom is -0.460 e. The number of hydrogen-bond acceptors (Lipinski definition) is 6. The molecule has 4 rings (SSSR count). The molecule has 3 fully saturated rings. The molecule has 1 aromatic rings. The van der Waals surface area contributed by atoms with E-state index in [0.29, 0.717) is 24.5 Å². The Kier molecular flexibility index (Phi) is 6.39. The lowest BCUT2D eigenvalue weighted by molar-refractivity contribution is -0.157. The Bertz CT molecular complexity index is 958. The maximum Gasteiger partial charge on any atom is 0.414 e. The molecule has 1 aromatic carbocycles. The predicted molar refractivity (Wildman–Crippen MR) is 121 cm³/mol. The van der Waals surface area contributed by atoms with E-state index in [0.717, 1.165) is 0 Å². The second-order valence-electron chi connectivity index (χ2n) is 9.59. The van der Waals surface area contributed by atoms with Crippen LogP contribution in [-0.2, 0) is 19.1 Å². The highest BCUT2D eigenvalue weighted by molar-refractivity contribution is 6.53. The molecule has 1 N–H and O–H groups in total. The lowest BCUT2D eigenvalue weighted by Crippen LogP contribution is -2.37. The van der Waals surface area contributed by atoms with Crippen molar-refractivity contribution in [3.8, 4) is 0 Å². The Hall–Kier alpha value is -2.26. The van der Waals surface area contributed by atoms with Crippen LogP contribution in [0.25, 0.3) is 0 Å². The summed E-state index contributed by atoms with van der Waals surface area (Å²) in [6.07, 6.45) is -1.23. The molecule has 0 bridgehead atoms. The third kappa shape index (κ3) is 5.14. The highest BCUT2D eigenvalue weighted by atomic mass is 35.5. The zero-order valence-electron chi connectivity index (χ0n) is 18.5. The number of piperidine rings is 1. The average molecular weight is 502 g/mol. The van der Waals surface area contributed by atoms with E-state index in [9.17, 15) is 18.8 Å². The van der Waals surface area contributed by atoms with Crippen LogP contribution in [-0.4, -0.2) is 60.7 Å². The number of fused-ring (bicyclic) bond motifs is 1. The lowest BCUT2D eigenvalue weighted by Gasteiger charge is -2.25. The van der Waals surface area contributed by atoms with Gasteiger partial charge >= 0.3 is 12.1 Å². The summed E-state index contributed by atoms with van der Waals surface area (Å²) in [7, 11) is 0. The molecule has 0 radical (unpaired) electrons. The summed E-state index contributed by atoms with van der Waals surface area (Å²) in [5.74, 6) is -1.00. The number of benzene rings is 1. The quantitative estimate of drug-likeness (QED) is 0.475. The number of amides is 2. The van der Waals surface area contributed by atoms with E-state index in [1.807, 2.05) is 25.7 Å². The molecule has 1 aliphatic carbocycles. The molecule has 3 atom stereocenters. The van der Waals surface area contributed by atoms with Gasteiger partial charge in [0.1, 0.15) is 17.5 Å². The van der Waals surface area contributed by atoms with Crippen molar-refractivity contribution in [1.82, 2.24) is 5.32 Å². The average Bonchev–Trinajstić information content (AvgIpc) is 3.03. The Morgan fingerprint density at radius 3 is 2.48 bits per heavy atom. The summed E-state index contributed by atoms with van der Waals surface area (Å²) < 4.78 is 25.6. The van der Waals surface area contributed by atoms with Gasteiger partial charge in [-0.1, -0.05) is 23.2 Å². The van der Waals surface area contributed by atoms with Crippen LogP contribution < -0.4 is 15.1 Å². The molecule has 11 heteroatoms. The molecule has 2 heterocycles. The zero-order valence-corrected chi connectivity index (χ0v) is 20.0. The molecular weight excluding hydrogens is 476 g/mol. The molecule has 33 heavy (non-hydrogen) atoms. The minimum atomic E-state index is -1.21. The lowest BCUT2D eigenvalue weighted by atomic mass is 10.1. The number of halogens is 3. The topological polar surface area (TPSA) is 88.2 Å². The van der Waals surface area contributed by atoms with Gasteiger partial charge in [-0.05, 0) is 50.8 Å². The van der Waals surface area contributed by atoms with Gasteiger partial charge in [-0.25, -0.2) is 9.18 Å². The van der Waals surface area contributed by atoms with Crippen LogP contribution in [0.2, 0.25) is 0 Å². The van der Waals surface area contributed by atoms with E-state index in [1.165, 1.54) is 11.0 Å². The van der Waals surface area contributed by atoms with Gasteiger partial charge < -0.3 is 19.7 Å². The first kappa shape index (κ1) is 23.9. The third-order valence-electron chi connectivity index (χ3n) is 6.03. The van der Waals surface area contributed by atoms with Gasteiger partial charge in [0.2, 0.25) is 0 Å². The second kappa shape index (κ2) is 8.83. The molecule has 2 aliphatic heterocycles. The number of carbonyl (C=O) groups is 3. The van der Waals surface area contributed by atoms with Crippen molar-refractivity contribution in [2.24, 2.45) is 17.8 Å². The van der Waals surface area contributed by atoms with Crippen LogP contribution in [0.1, 0.15) is 20.8 Å². The normalized spacial score (nSPS) is 26.3. The first-order chi connectivity index (χ1) is 15.4. The van der Waals surface area contributed by atoms with Crippen molar-refractivity contribution >= 4 is 52.5 Å². The summed E-state index contributed by atoms with van der Waals surface area (Å²) >= 11 is 11.0. The number of nitrogens with zero attached hydrogens (tertiary/aromatic N) is 2. The fourth-order valence-corrected chi connectivity index (χ4v) is 4.65. The van der Waals surface area contributed by atoms with Crippen molar-refractivity contribution in [2.75, 3.05) is 36.0 Å². The Morgan fingerprint density at radius 1 is 1.24 bits per heavy atom. The maximum atomic E-state index is 14.9. The van der Waals surface area contributed by atoms with E-state index in [4.69, 9.17) is 32.7 Å². The Morgan fingerprint density at radius 2 is 1.91 bits per heavy atom. The number of esters is 1. The number of anilines is 2. The molecule has 2 amide bonds. The van der Waals surface area contributed by atoms with Crippen molar-refractivity contribution in [3.63, 3.8) is 0 Å². The number of hydrogen-bond donors (Lipinski definition) is 1. The number of alkyl halides is 2. The zero-order chi connectivity index (χ0) is 24.1. The summed E-state index contributed by atoms with van der Waals surface area (Å²) in [5.41, 5.74) is 0.271. The first-order valence-corrected chi connectivity index (χ1v) is 11.6. The number of rotatable bonds is 6. The molecule has 0 aromatic heterocycles. The van der Waals surface area contributed by atoms with E-state index >= 15 is 0 Å². The minimum absolute atomic E-state index is 0.0486. The van der Waals surface area contributed by atoms with Crippen molar-refractivity contribution in [2.45, 2.75) is 37.3 Å². The van der Waals surface area contributed by atoms with Gasteiger partial charge in [-0.2, -0.15) is 0 Å². The summed E-state index contributed by atoms with van der Waals surface area (Å²) in [4.78, 5) is 38.0. The van der Waals surface area contributed by atoms with Crippen molar-refractivity contribution in [3.05, 3.63) is 24.0 Å². The summed E-state index contributed by atoms with van der Waals surface area (Å²) in [5, 5.41) is 2.49. The number of ether oxygens (including phenoxy) is 2. The highest BCUT2D eigenvalue weighted by Gasteiger charge is 2.61. The van der Waals surface area contributed by atoms with Crippen LogP contribution in [0, 0.1) is 23.6 Å². The van der Waals surface area contributed by atoms with Gasteiger partial charge in [-0.3, -0.25) is 14.5 Å². The summed E-state index contributed by atoms with van der Waals surface area (Å²) in [6.45, 7) is 6.90. The van der Waals surface area contributed by atoms with Crippen molar-refractivity contribution in [1.29, 1.82) is 0 Å². The van der Waals surface area contributed by atoms with E-state index in [2.05, 4.69) is 5.32 Å². The van der Waals surface area contributed by atoms with E-state index < -0.39 is 34.4 Å². The Balaban J connectivity index is 1.34. The Labute approximate surface area is 201 Å². The smallest absolute Gasteiger partial charge is 0.414 e. The van der Waals surface area contributed by atoms with E-state index in [1.54, 1.807) is 12.1 Å². The molecule has 8 nitrogen and oxygen atoms in total. The van der Waals surface area contributed by atoms with Gasteiger partial charge in [0.25, 0.3) is 5.91 Å². The van der Waals surface area contributed by atoms with Crippen LogP contribution in [0.5, 0.6) is 0 Å². The molecule has 0 spiro atoms. The van der Waals surface area contributed by atoms with Crippen LogP contribution in [0.4, 0.5) is 20.6 Å². The van der Waals surface area contributed by atoms with E-state index in [-0.39, 0.29) is 36.8 Å². The monoisotopic (exact) mass is 501 g/mol. The fourth-order valence-electron chi connectivity index (χ4n) is 4.49. The SMILES string of the molecule is CC(C)(C)OC(=O)C1C2CN(c3ccc(N4CC(CNC(=O)C(Cl)Cl)OC4=O)cc3F)CC21. The fraction of sp³-hybridized carbons (Fsp3) is 0.591.